The highest BCUT2D eigenvalue weighted by molar-refractivity contribution is 5.69. The van der Waals surface area contributed by atoms with Crippen molar-refractivity contribution in [2.75, 3.05) is 5.73 Å². The Kier molecular flexibility index (Phi) is 2.68. The molecule has 0 saturated heterocycles. The van der Waals surface area contributed by atoms with E-state index in [0.717, 1.165) is 11.3 Å². The Bertz CT molecular complexity index is 782. The number of benzene rings is 1. The summed E-state index contributed by atoms with van der Waals surface area (Å²) in [6.07, 6.45) is 2.22. The maximum atomic E-state index is 11.6. The number of rotatable bonds is 2. The van der Waals surface area contributed by atoms with E-state index in [0.29, 0.717) is 6.42 Å². The maximum Gasteiger partial charge on any atom is 0.280 e. The Morgan fingerprint density at radius 3 is 2.74 bits per heavy atom. The van der Waals surface area contributed by atoms with E-state index in [9.17, 15) is 4.79 Å². The predicted molar refractivity (Wildman–Crippen MR) is 71.6 cm³/mol. The van der Waals surface area contributed by atoms with Gasteiger partial charge in [0.2, 0.25) is 5.95 Å². The molecule has 94 valence electrons. The molecular formula is C13H11N5O. The molecule has 0 spiro atoms. The van der Waals surface area contributed by atoms with Gasteiger partial charge in [0, 0.05) is 12.6 Å². The van der Waals surface area contributed by atoms with E-state index in [-0.39, 0.29) is 22.7 Å². The molecule has 0 radical (unpaired) electrons. The van der Waals surface area contributed by atoms with Crippen molar-refractivity contribution in [3.05, 3.63) is 58.1 Å². The third-order valence-corrected chi connectivity index (χ3v) is 2.72. The largest absolute Gasteiger partial charge is 0.369 e. The van der Waals surface area contributed by atoms with Gasteiger partial charge in [-0.25, -0.2) is 9.97 Å². The molecule has 3 rings (SSSR count). The van der Waals surface area contributed by atoms with Crippen molar-refractivity contribution < 1.29 is 0 Å². The van der Waals surface area contributed by atoms with Crippen molar-refractivity contribution in [3.63, 3.8) is 0 Å². The molecule has 0 bridgehead atoms. The molecule has 0 aliphatic heterocycles. The van der Waals surface area contributed by atoms with Gasteiger partial charge in [-0.1, -0.05) is 30.3 Å². The molecule has 2 aromatic heterocycles. The minimum atomic E-state index is -0.374. The summed E-state index contributed by atoms with van der Waals surface area (Å²) in [4.78, 5) is 26.4. The van der Waals surface area contributed by atoms with Crippen LogP contribution in [0.1, 0.15) is 11.3 Å². The van der Waals surface area contributed by atoms with E-state index in [4.69, 9.17) is 5.73 Å². The summed E-state index contributed by atoms with van der Waals surface area (Å²) in [7, 11) is 0. The van der Waals surface area contributed by atoms with Crippen LogP contribution in [0.3, 0.4) is 0 Å². The molecule has 0 atom stereocenters. The van der Waals surface area contributed by atoms with Crippen molar-refractivity contribution in [2.45, 2.75) is 6.42 Å². The lowest BCUT2D eigenvalue weighted by atomic mass is 10.1. The smallest absolute Gasteiger partial charge is 0.280 e. The molecule has 0 aliphatic carbocycles. The third kappa shape index (κ3) is 2.28. The van der Waals surface area contributed by atoms with Gasteiger partial charge in [-0.05, 0) is 5.56 Å². The van der Waals surface area contributed by atoms with E-state index in [1.165, 1.54) is 0 Å². The zero-order valence-corrected chi connectivity index (χ0v) is 10.00. The molecule has 2 heterocycles. The molecule has 3 aromatic rings. The summed E-state index contributed by atoms with van der Waals surface area (Å²) in [5.41, 5.74) is 7.46. The van der Waals surface area contributed by atoms with E-state index < -0.39 is 0 Å². The van der Waals surface area contributed by atoms with E-state index in [1.807, 2.05) is 30.3 Å². The number of nitrogen functional groups attached to an aromatic ring is 1. The fourth-order valence-electron chi connectivity index (χ4n) is 1.86. The first kappa shape index (κ1) is 11.3. The van der Waals surface area contributed by atoms with Gasteiger partial charge in [0.05, 0.1) is 5.69 Å². The van der Waals surface area contributed by atoms with Crippen LogP contribution in [0.5, 0.6) is 0 Å². The first-order chi connectivity index (χ1) is 9.22. The van der Waals surface area contributed by atoms with E-state index >= 15 is 0 Å². The minimum absolute atomic E-state index is 0.0451. The number of nitrogens with one attached hydrogen (secondary N) is 1. The minimum Gasteiger partial charge on any atom is -0.369 e. The monoisotopic (exact) mass is 253 g/mol. The average molecular weight is 253 g/mol. The SMILES string of the molecule is Nc1nc2nc(Cc3ccccc3)cnc2c(=O)[nH]1. The van der Waals surface area contributed by atoms with Gasteiger partial charge in [0.15, 0.2) is 11.2 Å². The summed E-state index contributed by atoms with van der Waals surface area (Å²) in [6, 6.07) is 9.89. The number of hydrogen-bond acceptors (Lipinski definition) is 5. The Labute approximate surface area is 108 Å². The molecule has 0 fully saturated rings. The van der Waals surface area contributed by atoms with Crippen LogP contribution in [-0.4, -0.2) is 19.9 Å². The third-order valence-electron chi connectivity index (χ3n) is 2.72. The summed E-state index contributed by atoms with van der Waals surface area (Å²) in [6.45, 7) is 0. The number of nitrogens with two attached hydrogens (primary N) is 1. The molecule has 19 heavy (non-hydrogen) atoms. The molecular weight excluding hydrogens is 242 g/mol. The predicted octanol–water partition coefficient (Wildman–Crippen LogP) is 0.886. The summed E-state index contributed by atoms with van der Waals surface area (Å²) in [5.74, 6) is 0.0451. The van der Waals surface area contributed by atoms with Gasteiger partial charge in [-0.2, -0.15) is 4.98 Å². The molecule has 6 nitrogen and oxygen atoms in total. The van der Waals surface area contributed by atoms with Gasteiger partial charge in [0.1, 0.15) is 0 Å². The lowest BCUT2D eigenvalue weighted by Gasteiger charge is -2.02. The fourth-order valence-corrected chi connectivity index (χ4v) is 1.86. The highest BCUT2D eigenvalue weighted by Crippen LogP contribution is 2.08. The van der Waals surface area contributed by atoms with Gasteiger partial charge in [0.25, 0.3) is 5.56 Å². The molecule has 1 aromatic carbocycles. The van der Waals surface area contributed by atoms with Crippen LogP contribution in [-0.2, 0) is 6.42 Å². The molecule has 0 amide bonds. The number of aromatic nitrogens is 4. The summed E-state index contributed by atoms with van der Waals surface area (Å²) in [5, 5.41) is 0. The first-order valence-corrected chi connectivity index (χ1v) is 5.78. The topological polar surface area (TPSA) is 97.5 Å². The number of nitrogens with zero attached hydrogens (tertiary/aromatic N) is 3. The molecule has 0 saturated carbocycles. The van der Waals surface area contributed by atoms with Gasteiger partial charge >= 0.3 is 0 Å². The standard InChI is InChI=1S/C13H11N5O/c14-13-17-11-10(12(19)18-13)15-7-9(16-11)6-8-4-2-1-3-5-8/h1-5,7H,6H2,(H3,14,16,17,18,19). The molecule has 0 unspecified atom stereocenters. The molecule has 6 heteroatoms. The number of anilines is 1. The maximum absolute atomic E-state index is 11.6. The van der Waals surface area contributed by atoms with E-state index in [1.54, 1.807) is 6.20 Å². The second-order valence-electron chi connectivity index (χ2n) is 4.15. The van der Waals surface area contributed by atoms with Crippen molar-refractivity contribution in [3.8, 4) is 0 Å². The number of H-pyrrole nitrogens is 1. The van der Waals surface area contributed by atoms with Crippen LogP contribution in [0, 0.1) is 0 Å². The van der Waals surface area contributed by atoms with Crippen molar-refractivity contribution in [2.24, 2.45) is 0 Å². The lowest BCUT2D eigenvalue weighted by molar-refractivity contribution is 1.03. The Balaban J connectivity index is 2.05. The average Bonchev–Trinajstić information content (AvgIpc) is 2.39. The zero-order chi connectivity index (χ0) is 13.2. The second-order valence-corrected chi connectivity index (χ2v) is 4.15. The molecule has 3 N–H and O–H groups in total. The lowest BCUT2D eigenvalue weighted by Crippen LogP contribution is -2.14. The van der Waals surface area contributed by atoms with Gasteiger partial charge < -0.3 is 5.73 Å². The number of aromatic amines is 1. The Hall–Kier alpha value is -2.76. The van der Waals surface area contributed by atoms with Crippen molar-refractivity contribution >= 4 is 17.1 Å². The van der Waals surface area contributed by atoms with Crippen LogP contribution < -0.4 is 11.3 Å². The van der Waals surface area contributed by atoms with Gasteiger partial charge in [-0.15, -0.1) is 0 Å². The van der Waals surface area contributed by atoms with Crippen LogP contribution in [0.4, 0.5) is 5.95 Å². The van der Waals surface area contributed by atoms with Crippen LogP contribution in [0.25, 0.3) is 11.2 Å². The normalized spacial score (nSPS) is 10.7. The van der Waals surface area contributed by atoms with Crippen LogP contribution >= 0.6 is 0 Å². The van der Waals surface area contributed by atoms with Crippen LogP contribution in [0.15, 0.2) is 41.3 Å². The van der Waals surface area contributed by atoms with Crippen LogP contribution in [0.2, 0.25) is 0 Å². The molecule has 0 aliphatic rings. The van der Waals surface area contributed by atoms with Gasteiger partial charge in [-0.3, -0.25) is 9.78 Å². The Morgan fingerprint density at radius 2 is 1.95 bits per heavy atom. The summed E-state index contributed by atoms with van der Waals surface area (Å²) < 4.78 is 0. The first-order valence-electron chi connectivity index (χ1n) is 5.78. The quantitative estimate of drug-likeness (QED) is 0.706. The fraction of sp³-hybridized carbons (Fsp3) is 0.0769. The van der Waals surface area contributed by atoms with Crippen molar-refractivity contribution in [1.82, 2.24) is 19.9 Å². The zero-order valence-electron chi connectivity index (χ0n) is 10.00. The number of hydrogen-bond donors (Lipinski definition) is 2. The highest BCUT2D eigenvalue weighted by Gasteiger charge is 2.06. The Morgan fingerprint density at radius 1 is 1.16 bits per heavy atom. The highest BCUT2D eigenvalue weighted by atomic mass is 16.1. The number of fused-ring (bicyclic) bond motifs is 1. The summed E-state index contributed by atoms with van der Waals surface area (Å²) >= 11 is 0. The second kappa shape index (κ2) is 4.49. The van der Waals surface area contributed by atoms with Crippen molar-refractivity contribution in [1.29, 1.82) is 0 Å². The van der Waals surface area contributed by atoms with E-state index in [2.05, 4.69) is 19.9 Å².